The van der Waals surface area contributed by atoms with E-state index in [1.165, 1.54) is 51.4 Å². The van der Waals surface area contributed by atoms with Crippen molar-refractivity contribution in [2.45, 2.75) is 105 Å². The molecule has 3 saturated carbocycles. The molecular formula is C27H46O. The van der Waals surface area contributed by atoms with Crippen molar-refractivity contribution in [3.63, 3.8) is 0 Å². The van der Waals surface area contributed by atoms with E-state index >= 15 is 0 Å². The molecule has 0 spiro atoms. The lowest BCUT2D eigenvalue weighted by atomic mass is 9.48. The van der Waals surface area contributed by atoms with Gasteiger partial charge in [0.25, 0.3) is 0 Å². The van der Waals surface area contributed by atoms with Crippen LogP contribution in [0.5, 0.6) is 0 Å². The molecule has 4 aliphatic rings. The van der Waals surface area contributed by atoms with Gasteiger partial charge in [0.05, 0.1) is 6.10 Å². The Kier molecular flexibility index (Phi) is 6.05. The lowest BCUT2D eigenvalue weighted by Gasteiger charge is -2.57. The van der Waals surface area contributed by atoms with Crippen molar-refractivity contribution < 1.29 is 5.11 Å². The van der Waals surface area contributed by atoms with Gasteiger partial charge in [0.1, 0.15) is 0 Å². The Hall–Kier alpha value is -0.300. The quantitative estimate of drug-likeness (QED) is 0.493. The Balaban J connectivity index is 1.48. The second kappa shape index (κ2) is 8.09. The van der Waals surface area contributed by atoms with Crippen molar-refractivity contribution in [2.75, 3.05) is 0 Å². The van der Waals surface area contributed by atoms with Gasteiger partial charge in [-0.1, -0.05) is 65.5 Å². The predicted molar refractivity (Wildman–Crippen MR) is 119 cm³/mol. The molecule has 4 aliphatic carbocycles. The number of allylic oxidation sites excluding steroid dienone is 1. The Morgan fingerprint density at radius 3 is 2.64 bits per heavy atom. The van der Waals surface area contributed by atoms with Crippen molar-refractivity contribution in [2.24, 2.45) is 52.8 Å². The fourth-order valence-corrected chi connectivity index (χ4v) is 8.49. The van der Waals surface area contributed by atoms with Crippen LogP contribution in [0.15, 0.2) is 11.6 Å². The zero-order valence-corrected chi connectivity index (χ0v) is 19.3. The Bertz CT molecular complexity index is 577. The van der Waals surface area contributed by atoms with Gasteiger partial charge in [0.2, 0.25) is 0 Å². The molecule has 1 heteroatoms. The SMILES string of the molecule is CC(C)CCC[C@@H](C)[C@H]1CCC2C3CC=C4CC(O)CC[C@]4(C)C3CC(C)C21. The third-order valence-corrected chi connectivity index (χ3v) is 9.98. The van der Waals surface area contributed by atoms with E-state index in [1.807, 2.05) is 0 Å². The molecule has 3 fully saturated rings. The highest BCUT2D eigenvalue weighted by molar-refractivity contribution is 5.25. The summed E-state index contributed by atoms with van der Waals surface area (Å²) in [6.07, 6.45) is 15.8. The van der Waals surface area contributed by atoms with Crippen molar-refractivity contribution in [3.8, 4) is 0 Å². The van der Waals surface area contributed by atoms with E-state index in [0.717, 1.165) is 60.2 Å². The highest BCUT2D eigenvalue weighted by atomic mass is 16.3. The first kappa shape index (κ1) is 21.0. The van der Waals surface area contributed by atoms with Crippen LogP contribution in [-0.2, 0) is 0 Å². The number of fused-ring (bicyclic) bond motifs is 5. The zero-order chi connectivity index (χ0) is 20.1. The molecule has 4 rings (SSSR count). The molecule has 0 bridgehead atoms. The maximum Gasteiger partial charge on any atom is 0.0577 e. The summed E-state index contributed by atoms with van der Waals surface area (Å²) in [5.41, 5.74) is 2.01. The normalized spacial score (nSPS) is 46.5. The van der Waals surface area contributed by atoms with E-state index in [4.69, 9.17) is 0 Å². The van der Waals surface area contributed by atoms with E-state index in [9.17, 15) is 5.11 Å². The van der Waals surface area contributed by atoms with Gasteiger partial charge in [-0.2, -0.15) is 0 Å². The third-order valence-electron chi connectivity index (χ3n) is 9.98. The maximum atomic E-state index is 10.2. The third kappa shape index (κ3) is 3.63. The van der Waals surface area contributed by atoms with Gasteiger partial charge in [-0.3, -0.25) is 0 Å². The van der Waals surface area contributed by atoms with E-state index in [1.54, 1.807) is 5.57 Å². The summed E-state index contributed by atoms with van der Waals surface area (Å²) in [5.74, 6) is 7.44. The van der Waals surface area contributed by atoms with Gasteiger partial charge in [0, 0.05) is 0 Å². The van der Waals surface area contributed by atoms with Crippen LogP contribution in [0.3, 0.4) is 0 Å². The minimum Gasteiger partial charge on any atom is -0.393 e. The Morgan fingerprint density at radius 1 is 1.11 bits per heavy atom. The van der Waals surface area contributed by atoms with Gasteiger partial charge in [0.15, 0.2) is 0 Å². The van der Waals surface area contributed by atoms with E-state index in [2.05, 4.69) is 40.7 Å². The highest BCUT2D eigenvalue weighted by Crippen LogP contribution is 2.64. The molecule has 0 radical (unpaired) electrons. The van der Waals surface area contributed by atoms with Crippen LogP contribution >= 0.6 is 0 Å². The molecule has 9 atom stereocenters. The molecule has 0 saturated heterocycles. The summed E-state index contributed by atoms with van der Waals surface area (Å²) in [6.45, 7) is 12.5. The van der Waals surface area contributed by atoms with Crippen LogP contribution in [0, 0.1) is 52.8 Å². The first-order valence-corrected chi connectivity index (χ1v) is 12.7. The smallest absolute Gasteiger partial charge is 0.0577 e. The summed E-state index contributed by atoms with van der Waals surface area (Å²) in [4.78, 5) is 0. The summed E-state index contributed by atoms with van der Waals surface area (Å²) in [5, 5.41) is 10.2. The van der Waals surface area contributed by atoms with Gasteiger partial charge >= 0.3 is 0 Å². The average molecular weight is 387 g/mol. The van der Waals surface area contributed by atoms with Crippen LogP contribution in [0.25, 0.3) is 0 Å². The molecule has 160 valence electrons. The second-order valence-electron chi connectivity index (χ2n) is 12.0. The number of aliphatic hydroxyl groups is 1. The molecule has 1 N–H and O–H groups in total. The van der Waals surface area contributed by atoms with E-state index < -0.39 is 0 Å². The molecule has 0 amide bonds. The molecule has 28 heavy (non-hydrogen) atoms. The zero-order valence-electron chi connectivity index (χ0n) is 19.3. The first-order valence-electron chi connectivity index (χ1n) is 12.7. The van der Waals surface area contributed by atoms with E-state index in [-0.39, 0.29) is 6.10 Å². The molecule has 1 nitrogen and oxygen atoms in total. The summed E-state index contributed by atoms with van der Waals surface area (Å²) in [7, 11) is 0. The molecule has 0 heterocycles. The minimum atomic E-state index is -0.0767. The van der Waals surface area contributed by atoms with Gasteiger partial charge < -0.3 is 5.11 Å². The maximum absolute atomic E-state index is 10.2. The standard InChI is InChI=1S/C27H46O/c1-17(2)7-6-8-18(3)22-11-12-24-23-10-9-20-16-21(28)13-14-27(20,5)25(23)15-19(4)26(22)24/h9,17-19,21-26,28H,6-8,10-16H2,1-5H3/t18-,19?,21?,22-,23?,24?,25?,26?,27+/m1/s1. The van der Waals surface area contributed by atoms with Gasteiger partial charge in [-0.25, -0.2) is 0 Å². The van der Waals surface area contributed by atoms with Crippen LogP contribution in [-0.4, -0.2) is 11.2 Å². The molecule has 0 aromatic rings. The molecular weight excluding hydrogens is 340 g/mol. The summed E-state index contributed by atoms with van der Waals surface area (Å²) < 4.78 is 0. The fourth-order valence-electron chi connectivity index (χ4n) is 8.49. The number of hydrogen-bond acceptors (Lipinski definition) is 1. The second-order valence-corrected chi connectivity index (χ2v) is 12.0. The largest absolute Gasteiger partial charge is 0.393 e. The Labute approximate surface area is 174 Å². The highest BCUT2D eigenvalue weighted by Gasteiger charge is 2.56. The summed E-state index contributed by atoms with van der Waals surface area (Å²) in [6, 6.07) is 0. The van der Waals surface area contributed by atoms with Crippen molar-refractivity contribution in [1.29, 1.82) is 0 Å². The predicted octanol–water partition coefficient (Wildman–Crippen LogP) is 7.24. The average Bonchev–Trinajstić information content (AvgIpc) is 3.09. The molecule has 6 unspecified atom stereocenters. The van der Waals surface area contributed by atoms with Crippen LogP contribution in [0.4, 0.5) is 0 Å². The van der Waals surface area contributed by atoms with Crippen LogP contribution in [0.1, 0.15) is 98.8 Å². The minimum absolute atomic E-state index is 0.0767. The Morgan fingerprint density at radius 2 is 1.89 bits per heavy atom. The number of hydrogen-bond donors (Lipinski definition) is 1. The molecule has 0 aromatic carbocycles. The molecule has 0 aliphatic heterocycles. The van der Waals surface area contributed by atoms with Crippen molar-refractivity contribution >= 4 is 0 Å². The number of rotatable bonds is 5. The van der Waals surface area contributed by atoms with Gasteiger partial charge in [-0.05, 0) is 97.7 Å². The van der Waals surface area contributed by atoms with Gasteiger partial charge in [-0.15, -0.1) is 0 Å². The van der Waals surface area contributed by atoms with Crippen molar-refractivity contribution in [3.05, 3.63) is 11.6 Å². The van der Waals surface area contributed by atoms with E-state index in [0.29, 0.717) is 5.41 Å². The summed E-state index contributed by atoms with van der Waals surface area (Å²) >= 11 is 0. The van der Waals surface area contributed by atoms with Crippen molar-refractivity contribution in [1.82, 2.24) is 0 Å². The fraction of sp³-hybridized carbons (Fsp3) is 0.926. The lowest BCUT2D eigenvalue weighted by Crippen LogP contribution is -2.50. The lowest BCUT2D eigenvalue weighted by molar-refractivity contribution is -0.0408. The van der Waals surface area contributed by atoms with Crippen LogP contribution in [0.2, 0.25) is 0 Å². The number of aliphatic hydroxyl groups excluding tert-OH is 1. The topological polar surface area (TPSA) is 20.2 Å². The first-order chi connectivity index (χ1) is 13.3. The van der Waals surface area contributed by atoms with Crippen LogP contribution < -0.4 is 0 Å². The molecule has 0 aromatic heterocycles. The monoisotopic (exact) mass is 386 g/mol.